The zero-order valence-electron chi connectivity index (χ0n) is 12.5. The molecule has 6 nitrogen and oxygen atoms in total. The highest BCUT2D eigenvalue weighted by Gasteiger charge is 2.10. The van der Waals surface area contributed by atoms with E-state index in [0.717, 1.165) is 0 Å². The van der Waals surface area contributed by atoms with Crippen LogP contribution < -0.4 is 4.74 Å². The number of carboxylic acid groups (broad SMARTS) is 1. The van der Waals surface area contributed by atoms with Gasteiger partial charge in [-0.25, -0.2) is 4.79 Å². The molecule has 0 unspecified atom stereocenters. The van der Waals surface area contributed by atoms with E-state index in [2.05, 4.69) is 0 Å². The third kappa shape index (κ3) is 6.57. The lowest BCUT2D eigenvalue weighted by molar-refractivity contribution is 0.0179. The summed E-state index contributed by atoms with van der Waals surface area (Å²) in [5.74, 6) is -0.391. The summed E-state index contributed by atoms with van der Waals surface area (Å²) in [6.07, 6.45) is 0. The van der Waals surface area contributed by atoms with Crippen molar-refractivity contribution < 1.29 is 28.8 Å². The number of hydrogen-bond acceptors (Lipinski definition) is 5. The third-order valence-corrected chi connectivity index (χ3v) is 2.80. The molecule has 0 fully saturated rings. The lowest BCUT2D eigenvalue weighted by atomic mass is 10.1. The zero-order valence-corrected chi connectivity index (χ0v) is 12.5. The number of benzene rings is 1. The Labute approximate surface area is 124 Å². The zero-order chi connectivity index (χ0) is 15.5. The van der Waals surface area contributed by atoms with Crippen molar-refractivity contribution in [3.05, 3.63) is 29.3 Å². The highest BCUT2D eigenvalue weighted by molar-refractivity contribution is 5.90. The van der Waals surface area contributed by atoms with Crippen molar-refractivity contribution in [1.29, 1.82) is 0 Å². The van der Waals surface area contributed by atoms with Crippen LogP contribution in [0.1, 0.15) is 15.9 Å². The molecule has 0 saturated heterocycles. The van der Waals surface area contributed by atoms with Gasteiger partial charge in [0.2, 0.25) is 0 Å². The Bertz CT molecular complexity index is 432. The second-order valence-electron chi connectivity index (χ2n) is 4.30. The maximum Gasteiger partial charge on any atom is 0.336 e. The predicted octanol–water partition coefficient (Wildman–Crippen LogP) is 1.75. The first-order chi connectivity index (χ1) is 10.2. The van der Waals surface area contributed by atoms with Crippen LogP contribution in [-0.2, 0) is 14.2 Å². The molecule has 0 radical (unpaired) electrons. The van der Waals surface area contributed by atoms with E-state index in [-0.39, 0.29) is 5.56 Å². The summed E-state index contributed by atoms with van der Waals surface area (Å²) in [4.78, 5) is 11.0. The largest absolute Gasteiger partial charge is 0.491 e. The molecule has 0 spiro atoms. The summed E-state index contributed by atoms with van der Waals surface area (Å²) in [6.45, 7) is 4.63. The molecule has 1 N–H and O–H groups in total. The van der Waals surface area contributed by atoms with Crippen molar-refractivity contribution in [2.75, 3.05) is 46.8 Å². The molecule has 0 amide bonds. The van der Waals surface area contributed by atoms with Gasteiger partial charge in [0.15, 0.2) is 0 Å². The molecule has 0 atom stereocenters. The summed E-state index contributed by atoms with van der Waals surface area (Å²) in [5.41, 5.74) is 0.868. The van der Waals surface area contributed by atoms with Gasteiger partial charge >= 0.3 is 5.97 Å². The Hall–Kier alpha value is -1.63. The summed E-state index contributed by atoms with van der Waals surface area (Å²) in [7, 11) is 1.62. The highest BCUT2D eigenvalue weighted by Crippen LogP contribution is 2.21. The smallest absolute Gasteiger partial charge is 0.336 e. The lowest BCUT2D eigenvalue weighted by Gasteiger charge is -2.11. The average Bonchev–Trinajstić information content (AvgIpc) is 2.46. The molecular weight excluding hydrogens is 276 g/mol. The first-order valence-corrected chi connectivity index (χ1v) is 6.77. The van der Waals surface area contributed by atoms with Crippen molar-refractivity contribution in [2.24, 2.45) is 0 Å². The summed E-state index contributed by atoms with van der Waals surface area (Å²) in [5, 5.41) is 9.02. The lowest BCUT2D eigenvalue weighted by Crippen LogP contribution is -2.13. The Morgan fingerprint density at radius 2 is 1.67 bits per heavy atom. The molecule has 118 valence electrons. The van der Waals surface area contributed by atoms with Crippen LogP contribution in [0.5, 0.6) is 5.75 Å². The van der Waals surface area contributed by atoms with Crippen LogP contribution in [0.3, 0.4) is 0 Å². The summed E-state index contributed by atoms with van der Waals surface area (Å²) in [6, 6.07) is 4.96. The van der Waals surface area contributed by atoms with Gasteiger partial charge in [0.25, 0.3) is 0 Å². The van der Waals surface area contributed by atoms with Crippen molar-refractivity contribution in [3.8, 4) is 5.75 Å². The molecule has 0 saturated carbocycles. The molecule has 0 aliphatic rings. The molecule has 21 heavy (non-hydrogen) atoms. The van der Waals surface area contributed by atoms with Crippen LogP contribution >= 0.6 is 0 Å². The third-order valence-electron chi connectivity index (χ3n) is 2.80. The average molecular weight is 298 g/mol. The molecule has 1 aromatic carbocycles. The van der Waals surface area contributed by atoms with Crippen LogP contribution in [0, 0.1) is 6.92 Å². The van der Waals surface area contributed by atoms with Gasteiger partial charge in [-0.05, 0) is 19.1 Å². The topological polar surface area (TPSA) is 74.2 Å². The molecule has 0 heterocycles. The number of hydrogen-bond donors (Lipinski definition) is 1. The van der Waals surface area contributed by atoms with E-state index in [1.165, 1.54) is 0 Å². The number of methoxy groups -OCH3 is 1. The SMILES string of the molecule is COCCOCCOCCOc1cccc(C(=O)O)c1C. The monoisotopic (exact) mass is 298 g/mol. The highest BCUT2D eigenvalue weighted by atomic mass is 16.6. The Morgan fingerprint density at radius 1 is 1.05 bits per heavy atom. The van der Waals surface area contributed by atoms with Crippen LogP contribution in [0.2, 0.25) is 0 Å². The molecule has 6 heteroatoms. The Morgan fingerprint density at radius 3 is 2.29 bits per heavy atom. The molecule has 0 aliphatic carbocycles. The minimum Gasteiger partial charge on any atom is -0.491 e. The van der Waals surface area contributed by atoms with Gasteiger partial charge in [-0.15, -0.1) is 0 Å². The molecule has 0 bridgehead atoms. The van der Waals surface area contributed by atoms with Crippen LogP contribution in [0.4, 0.5) is 0 Å². The molecule has 1 aromatic rings. The number of carbonyl (C=O) groups is 1. The fourth-order valence-electron chi connectivity index (χ4n) is 1.68. The van der Waals surface area contributed by atoms with Gasteiger partial charge in [0.05, 0.1) is 38.6 Å². The normalized spacial score (nSPS) is 10.6. The van der Waals surface area contributed by atoms with Gasteiger partial charge in [0, 0.05) is 12.7 Å². The maximum absolute atomic E-state index is 11.0. The summed E-state index contributed by atoms with van der Waals surface area (Å²) >= 11 is 0. The first-order valence-electron chi connectivity index (χ1n) is 6.77. The van der Waals surface area contributed by atoms with Gasteiger partial charge in [0.1, 0.15) is 12.4 Å². The van der Waals surface area contributed by atoms with Crippen LogP contribution in [-0.4, -0.2) is 57.8 Å². The molecule has 1 rings (SSSR count). The Balaban J connectivity index is 2.19. The van der Waals surface area contributed by atoms with Crippen molar-refractivity contribution in [1.82, 2.24) is 0 Å². The van der Waals surface area contributed by atoms with Gasteiger partial charge < -0.3 is 24.1 Å². The maximum atomic E-state index is 11.0. The van der Waals surface area contributed by atoms with Crippen LogP contribution in [0.25, 0.3) is 0 Å². The fraction of sp³-hybridized carbons (Fsp3) is 0.533. The second kappa shape index (κ2) is 10.1. The minimum atomic E-state index is -0.956. The van der Waals surface area contributed by atoms with Gasteiger partial charge in [-0.2, -0.15) is 0 Å². The van der Waals surface area contributed by atoms with Crippen molar-refractivity contribution in [3.63, 3.8) is 0 Å². The van der Waals surface area contributed by atoms with E-state index in [4.69, 9.17) is 24.1 Å². The second-order valence-corrected chi connectivity index (χ2v) is 4.30. The van der Waals surface area contributed by atoms with E-state index in [9.17, 15) is 4.79 Å². The number of rotatable bonds is 11. The Kier molecular flexibility index (Phi) is 8.42. The fourth-order valence-corrected chi connectivity index (χ4v) is 1.68. The van der Waals surface area contributed by atoms with Crippen molar-refractivity contribution in [2.45, 2.75) is 6.92 Å². The standard InChI is InChI=1S/C15H22O6/c1-12-13(15(16)17)4-3-5-14(12)21-11-10-20-9-8-19-7-6-18-2/h3-5H,6-11H2,1-2H3,(H,16,17). The number of aromatic carboxylic acids is 1. The first kappa shape index (κ1) is 17.4. The van der Waals surface area contributed by atoms with Crippen LogP contribution in [0.15, 0.2) is 18.2 Å². The molecule has 0 aromatic heterocycles. The van der Waals surface area contributed by atoms with E-state index in [1.807, 2.05) is 0 Å². The van der Waals surface area contributed by atoms with Gasteiger partial charge in [-0.3, -0.25) is 0 Å². The van der Waals surface area contributed by atoms with E-state index in [0.29, 0.717) is 51.0 Å². The van der Waals surface area contributed by atoms with Gasteiger partial charge in [-0.1, -0.05) is 6.07 Å². The quantitative estimate of drug-likeness (QED) is 0.627. The van der Waals surface area contributed by atoms with E-state index in [1.54, 1.807) is 32.2 Å². The predicted molar refractivity (Wildman–Crippen MR) is 77.1 cm³/mol. The summed E-state index contributed by atoms with van der Waals surface area (Å²) < 4.78 is 21.0. The number of carboxylic acids is 1. The van der Waals surface area contributed by atoms with E-state index < -0.39 is 5.97 Å². The van der Waals surface area contributed by atoms with Crippen molar-refractivity contribution >= 4 is 5.97 Å². The minimum absolute atomic E-state index is 0.250. The molecule has 0 aliphatic heterocycles. The molecular formula is C15H22O6. The number of ether oxygens (including phenoxy) is 4. The van der Waals surface area contributed by atoms with E-state index >= 15 is 0 Å².